The molecule has 0 spiro atoms. The minimum absolute atomic E-state index is 0. The summed E-state index contributed by atoms with van der Waals surface area (Å²) >= 11 is 0. The molecule has 0 aliphatic heterocycles. The summed E-state index contributed by atoms with van der Waals surface area (Å²) in [5.74, 6) is -0.0401. The average molecular weight is 426 g/mol. The predicted molar refractivity (Wildman–Crippen MR) is 91.4 cm³/mol. The van der Waals surface area contributed by atoms with Gasteiger partial charge < -0.3 is 33.6 Å². The standard InChI is InChI=1S/C17H19O8P.2Na/c1-22-14-7-6-11(8-13(14)18)4-5-12-9-15(23-2)17(24-3)16(10-12)25-26(19,20)21;;/h4-10,18H,1-3H3,(H2,19,20,21);;/q;2*+1/p-2/b5-4-;;. The van der Waals surface area contributed by atoms with E-state index in [0.29, 0.717) is 11.1 Å². The molecule has 28 heavy (non-hydrogen) atoms. The summed E-state index contributed by atoms with van der Waals surface area (Å²) in [5, 5.41) is 11.8. The number of benzene rings is 2. The fourth-order valence-corrected chi connectivity index (χ4v) is 2.61. The first kappa shape index (κ1) is 27.3. The number of rotatable bonds is 7. The second-order valence-corrected chi connectivity index (χ2v) is 6.18. The molecule has 0 radical (unpaired) electrons. The van der Waals surface area contributed by atoms with E-state index in [4.69, 9.17) is 19.1 Å². The van der Waals surface area contributed by atoms with Gasteiger partial charge in [0.15, 0.2) is 11.5 Å². The zero-order valence-corrected chi connectivity index (χ0v) is 21.2. The maximum Gasteiger partial charge on any atom is 1.00 e. The van der Waals surface area contributed by atoms with Crippen LogP contribution < -0.4 is 87.8 Å². The quantitative estimate of drug-likeness (QED) is 0.269. The Morgan fingerprint density at radius 1 is 0.893 bits per heavy atom. The van der Waals surface area contributed by atoms with Crippen molar-refractivity contribution in [3.8, 4) is 28.7 Å². The molecular weight excluding hydrogens is 409 g/mol. The zero-order chi connectivity index (χ0) is 19.3. The molecule has 0 aliphatic rings. The Hall–Kier alpha value is -0.670. The minimum Gasteiger partial charge on any atom is -0.870 e. The Morgan fingerprint density at radius 3 is 1.96 bits per heavy atom. The first-order chi connectivity index (χ1) is 12.3. The summed E-state index contributed by atoms with van der Waals surface area (Å²) in [6.07, 6.45) is 3.25. The summed E-state index contributed by atoms with van der Waals surface area (Å²) in [4.78, 5) is 20.0. The van der Waals surface area contributed by atoms with Gasteiger partial charge in [-0.15, -0.1) is 0 Å². The van der Waals surface area contributed by atoms with Gasteiger partial charge in [0.2, 0.25) is 5.75 Å². The molecule has 11 heteroatoms. The van der Waals surface area contributed by atoms with E-state index in [-0.39, 0.29) is 87.9 Å². The fourth-order valence-electron chi connectivity index (χ4n) is 2.23. The first-order valence-corrected chi connectivity index (χ1v) is 8.79. The van der Waals surface area contributed by atoms with Crippen molar-refractivity contribution >= 4 is 20.0 Å². The number of phosphoric acid groups is 1. The molecule has 0 heterocycles. The van der Waals surface area contributed by atoms with Gasteiger partial charge in [-0.3, -0.25) is 4.57 Å². The molecule has 8 nitrogen and oxygen atoms in total. The zero-order valence-electron chi connectivity index (χ0n) is 16.3. The van der Waals surface area contributed by atoms with Gasteiger partial charge in [0.25, 0.3) is 0 Å². The van der Waals surface area contributed by atoms with Crippen LogP contribution in [0.5, 0.6) is 28.7 Å². The van der Waals surface area contributed by atoms with Crippen LogP contribution in [0, 0.1) is 0 Å². The number of ether oxygens (including phenoxy) is 3. The SMILES string of the molecule is COc1ccc(/C=C\c2cc(OC)c(OC)c(OP(=O)([O-])O)c2)cc1[O-].[Na+].[Na+]. The van der Waals surface area contributed by atoms with Crippen LogP contribution in [0.25, 0.3) is 12.2 Å². The normalized spacial score (nSPS) is 12.3. The van der Waals surface area contributed by atoms with Crippen LogP contribution in [0.15, 0.2) is 30.3 Å². The second-order valence-electron chi connectivity index (χ2n) is 5.06. The Morgan fingerprint density at radius 2 is 1.46 bits per heavy atom. The van der Waals surface area contributed by atoms with Crippen LogP contribution >= 0.6 is 7.82 Å². The molecule has 1 N–H and O–H groups in total. The third-order valence-electron chi connectivity index (χ3n) is 3.34. The summed E-state index contributed by atoms with van der Waals surface area (Å²) in [6.45, 7) is 0. The van der Waals surface area contributed by atoms with Crippen molar-refractivity contribution in [1.29, 1.82) is 0 Å². The molecule has 0 bridgehead atoms. The van der Waals surface area contributed by atoms with E-state index in [1.54, 1.807) is 30.4 Å². The van der Waals surface area contributed by atoms with Crippen molar-refractivity contribution in [2.45, 2.75) is 0 Å². The van der Waals surface area contributed by atoms with Gasteiger partial charge in [0.1, 0.15) is 5.75 Å². The van der Waals surface area contributed by atoms with Crippen LogP contribution in [-0.4, -0.2) is 26.2 Å². The Balaban J connectivity index is 0.00000364. The monoisotopic (exact) mass is 426 g/mol. The third-order valence-corrected chi connectivity index (χ3v) is 3.76. The predicted octanol–water partition coefficient (Wildman–Crippen LogP) is -4.20. The fraction of sp³-hybridized carbons (Fsp3) is 0.176. The third kappa shape index (κ3) is 7.63. The molecule has 0 saturated carbocycles. The van der Waals surface area contributed by atoms with Crippen molar-refractivity contribution in [2.24, 2.45) is 0 Å². The van der Waals surface area contributed by atoms with Crippen molar-refractivity contribution in [3.05, 3.63) is 41.5 Å². The van der Waals surface area contributed by atoms with E-state index >= 15 is 0 Å². The average Bonchev–Trinajstić information content (AvgIpc) is 2.58. The molecule has 1 atom stereocenters. The van der Waals surface area contributed by atoms with Gasteiger partial charge in [0, 0.05) is 0 Å². The van der Waals surface area contributed by atoms with Crippen molar-refractivity contribution < 1.29 is 97.3 Å². The van der Waals surface area contributed by atoms with Crippen molar-refractivity contribution in [2.75, 3.05) is 21.3 Å². The van der Waals surface area contributed by atoms with Crippen LogP contribution in [0.4, 0.5) is 0 Å². The van der Waals surface area contributed by atoms with Gasteiger partial charge in [-0.25, -0.2) is 0 Å². The molecule has 140 valence electrons. The van der Waals surface area contributed by atoms with E-state index in [2.05, 4.69) is 4.52 Å². The number of hydrogen-bond acceptors (Lipinski definition) is 7. The molecule has 1 unspecified atom stereocenters. The summed E-state index contributed by atoms with van der Waals surface area (Å²) in [6, 6.07) is 7.56. The van der Waals surface area contributed by atoms with E-state index in [0.717, 1.165) is 0 Å². The van der Waals surface area contributed by atoms with Gasteiger partial charge in [-0.2, -0.15) is 0 Å². The largest absolute Gasteiger partial charge is 1.00 e. The number of hydrogen-bond donors (Lipinski definition) is 1. The second kappa shape index (κ2) is 12.1. The van der Waals surface area contributed by atoms with Crippen molar-refractivity contribution in [1.82, 2.24) is 0 Å². The molecule has 0 aromatic heterocycles. The summed E-state index contributed by atoms with van der Waals surface area (Å²) in [5.41, 5.74) is 1.11. The van der Waals surface area contributed by atoms with E-state index in [1.165, 1.54) is 33.5 Å². The molecule has 0 fully saturated rings. The maximum absolute atomic E-state index is 11.8. The first-order valence-electron chi connectivity index (χ1n) is 7.30. The number of methoxy groups -OCH3 is 3. The van der Waals surface area contributed by atoms with Crippen LogP contribution in [0.2, 0.25) is 0 Å². The van der Waals surface area contributed by atoms with E-state index in [1.807, 2.05) is 0 Å². The van der Waals surface area contributed by atoms with Gasteiger partial charge in [0.05, 0.1) is 21.3 Å². The van der Waals surface area contributed by atoms with Gasteiger partial charge >= 0.3 is 66.9 Å². The molecular formula is C17H17Na2O8P. The summed E-state index contributed by atoms with van der Waals surface area (Å²) in [7, 11) is -0.946. The summed E-state index contributed by atoms with van der Waals surface area (Å²) < 4.78 is 30.8. The maximum atomic E-state index is 11.8. The van der Waals surface area contributed by atoms with Gasteiger partial charge in [-0.05, 0) is 29.3 Å². The van der Waals surface area contributed by atoms with Crippen LogP contribution in [0.1, 0.15) is 11.1 Å². The molecule has 2 aromatic rings. The Bertz CT molecular complexity index is 866. The Kier molecular flexibility index (Phi) is 11.8. The van der Waals surface area contributed by atoms with Crippen molar-refractivity contribution in [3.63, 3.8) is 0 Å². The molecule has 2 aromatic carbocycles. The van der Waals surface area contributed by atoms with Crippen LogP contribution in [-0.2, 0) is 4.57 Å². The topological polar surface area (TPSA) is 120 Å². The van der Waals surface area contributed by atoms with E-state index in [9.17, 15) is 14.6 Å². The molecule has 0 amide bonds. The van der Waals surface area contributed by atoms with E-state index < -0.39 is 7.82 Å². The smallest absolute Gasteiger partial charge is 0.870 e. The molecule has 2 rings (SSSR count). The molecule has 0 saturated heterocycles. The van der Waals surface area contributed by atoms with Gasteiger partial charge in [-0.1, -0.05) is 30.0 Å². The van der Waals surface area contributed by atoms with Crippen LogP contribution in [0.3, 0.4) is 0 Å². The molecule has 0 aliphatic carbocycles. The Labute approximate surface area is 207 Å². The number of phosphoric ester groups is 1. The minimum atomic E-state index is -5.04.